The first-order valence-electron chi connectivity index (χ1n) is 11.0. The van der Waals surface area contributed by atoms with E-state index in [1.54, 1.807) is 19.1 Å². The first-order chi connectivity index (χ1) is 15.3. The van der Waals surface area contributed by atoms with E-state index in [0.717, 1.165) is 44.7 Å². The Morgan fingerprint density at radius 1 is 1.06 bits per heavy atom. The highest BCUT2D eigenvalue weighted by Gasteiger charge is 2.31. The van der Waals surface area contributed by atoms with Crippen LogP contribution in [0.15, 0.2) is 39.6 Å². The molecule has 2 saturated heterocycles. The van der Waals surface area contributed by atoms with Crippen molar-refractivity contribution in [3.63, 3.8) is 0 Å². The Morgan fingerprint density at radius 2 is 1.72 bits per heavy atom. The van der Waals surface area contributed by atoms with Gasteiger partial charge in [-0.3, -0.25) is 9.69 Å². The highest BCUT2D eigenvalue weighted by Crippen LogP contribution is 2.26. The van der Waals surface area contributed by atoms with Crippen LogP contribution in [0.25, 0.3) is 0 Å². The molecular weight excluding hydrogens is 435 g/mol. The number of piperazine rings is 1. The fourth-order valence-corrected chi connectivity index (χ4v) is 5.88. The Labute approximate surface area is 188 Å². The highest BCUT2D eigenvalue weighted by molar-refractivity contribution is 7.89. The lowest BCUT2D eigenvalue weighted by atomic mass is 10.2. The van der Waals surface area contributed by atoms with Crippen molar-refractivity contribution in [3.05, 3.63) is 47.7 Å². The molecular formula is C22H29FN4O4S. The molecule has 0 radical (unpaired) electrons. The molecule has 2 aliphatic rings. The molecule has 0 spiro atoms. The van der Waals surface area contributed by atoms with E-state index in [2.05, 4.69) is 15.1 Å². The quantitative estimate of drug-likeness (QED) is 0.675. The fraction of sp³-hybridized carbons (Fsp3) is 0.500. The zero-order chi connectivity index (χ0) is 22.7. The molecule has 32 heavy (non-hydrogen) atoms. The third-order valence-corrected chi connectivity index (χ3v) is 8.06. The van der Waals surface area contributed by atoms with Crippen LogP contribution in [0.5, 0.6) is 0 Å². The van der Waals surface area contributed by atoms with Gasteiger partial charge in [-0.25, -0.2) is 12.8 Å². The van der Waals surface area contributed by atoms with Gasteiger partial charge in [0.25, 0.3) is 5.91 Å². The standard InChI is InChI=1S/C22H29FN4O4S/c1-17-21(32(29,30)27-9-2-3-10-27)16-20(31-17)22(28)24-8-11-25-12-14-26(15-13-25)19-6-4-18(23)5-7-19/h4-7,16H,2-3,8-15H2,1H3,(H,24,28). The van der Waals surface area contributed by atoms with Crippen LogP contribution in [0.3, 0.4) is 0 Å². The maximum Gasteiger partial charge on any atom is 0.287 e. The molecule has 4 rings (SSSR count). The number of hydrogen-bond acceptors (Lipinski definition) is 6. The number of sulfonamides is 1. The van der Waals surface area contributed by atoms with Gasteiger partial charge in [-0.2, -0.15) is 4.31 Å². The monoisotopic (exact) mass is 464 g/mol. The van der Waals surface area contributed by atoms with Gasteiger partial charge in [-0.15, -0.1) is 0 Å². The molecule has 0 aliphatic carbocycles. The van der Waals surface area contributed by atoms with Gasteiger partial charge in [-0.05, 0) is 44.0 Å². The molecule has 0 atom stereocenters. The fourth-order valence-electron chi connectivity index (χ4n) is 4.20. The third-order valence-electron chi connectivity index (χ3n) is 6.06. The summed E-state index contributed by atoms with van der Waals surface area (Å²) in [6.07, 6.45) is 1.70. The van der Waals surface area contributed by atoms with Crippen LogP contribution in [0.1, 0.15) is 29.2 Å². The molecule has 2 fully saturated rings. The Bertz CT molecular complexity index is 1040. The Hall–Kier alpha value is -2.43. The number of anilines is 1. The molecule has 1 amide bonds. The molecule has 1 aromatic heterocycles. The minimum absolute atomic E-state index is 0.0152. The zero-order valence-electron chi connectivity index (χ0n) is 18.2. The van der Waals surface area contributed by atoms with E-state index in [0.29, 0.717) is 26.2 Å². The third kappa shape index (κ3) is 4.97. The van der Waals surface area contributed by atoms with Crippen LogP contribution in [0.4, 0.5) is 10.1 Å². The number of aryl methyl sites for hydroxylation is 1. The smallest absolute Gasteiger partial charge is 0.287 e. The van der Waals surface area contributed by atoms with Gasteiger partial charge in [0.15, 0.2) is 5.76 Å². The average molecular weight is 465 g/mol. The van der Waals surface area contributed by atoms with Crippen LogP contribution < -0.4 is 10.2 Å². The van der Waals surface area contributed by atoms with Crippen LogP contribution in [0, 0.1) is 12.7 Å². The van der Waals surface area contributed by atoms with Crippen molar-refractivity contribution >= 4 is 21.6 Å². The molecule has 10 heteroatoms. The molecule has 2 aromatic rings. The molecule has 8 nitrogen and oxygen atoms in total. The summed E-state index contributed by atoms with van der Waals surface area (Å²) in [5, 5.41) is 2.82. The number of carbonyl (C=O) groups is 1. The normalized spacial score (nSPS) is 18.2. The second-order valence-electron chi connectivity index (χ2n) is 8.20. The molecule has 3 heterocycles. The van der Waals surface area contributed by atoms with Gasteiger partial charge in [0.2, 0.25) is 10.0 Å². The predicted molar refractivity (Wildman–Crippen MR) is 119 cm³/mol. The average Bonchev–Trinajstić information content (AvgIpc) is 3.46. The molecule has 1 N–H and O–H groups in total. The number of amides is 1. The maximum absolute atomic E-state index is 13.1. The van der Waals surface area contributed by atoms with E-state index in [4.69, 9.17) is 4.42 Å². The zero-order valence-corrected chi connectivity index (χ0v) is 19.0. The van der Waals surface area contributed by atoms with Crippen LogP contribution in [-0.4, -0.2) is 75.9 Å². The second kappa shape index (κ2) is 9.60. The first-order valence-corrected chi connectivity index (χ1v) is 12.4. The minimum atomic E-state index is -3.62. The summed E-state index contributed by atoms with van der Waals surface area (Å²) in [4.78, 5) is 17.0. The van der Waals surface area contributed by atoms with Gasteiger partial charge in [0.1, 0.15) is 16.5 Å². The summed E-state index contributed by atoms with van der Waals surface area (Å²) >= 11 is 0. The Balaban J connectivity index is 1.25. The second-order valence-corrected chi connectivity index (χ2v) is 10.1. The van der Waals surface area contributed by atoms with E-state index >= 15 is 0 Å². The molecule has 1 aromatic carbocycles. The lowest BCUT2D eigenvalue weighted by Crippen LogP contribution is -2.48. The Morgan fingerprint density at radius 3 is 2.38 bits per heavy atom. The summed E-state index contributed by atoms with van der Waals surface area (Å²) in [5.41, 5.74) is 1.01. The lowest BCUT2D eigenvalue weighted by Gasteiger charge is -2.36. The largest absolute Gasteiger partial charge is 0.455 e. The number of rotatable bonds is 7. The van der Waals surface area contributed by atoms with Crippen molar-refractivity contribution in [3.8, 4) is 0 Å². The topological polar surface area (TPSA) is 86.1 Å². The van der Waals surface area contributed by atoms with Gasteiger partial charge in [0, 0.05) is 64.1 Å². The van der Waals surface area contributed by atoms with Crippen LogP contribution in [0.2, 0.25) is 0 Å². The van der Waals surface area contributed by atoms with Crippen molar-refractivity contribution < 1.29 is 22.0 Å². The van der Waals surface area contributed by atoms with Gasteiger partial charge >= 0.3 is 0 Å². The van der Waals surface area contributed by atoms with E-state index in [1.165, 1.54) is 22.5 Å². The summed E-state index contributed by atoms with van der Waals surface area (Å²) in [7, 11) is -3.62. The SMILES string of the molecule is Cc1oc(C(=O)NCCN2CCN(c3ccc(F)cc3)CC2)cc1S(=O)(=O)N1CCCC1. The minimum Gasteiger partial charge on any atom is -0.455 e. The van der Waals surface area contributed by atoms with Gasteiger partial charge < -0.3 is 14.6 Å². The summed E-state index contributed by atoms with van der Waals surface area (Å²) in [6.45, 7) is 7.02. The molecule has 0 unspecified atom stereocenters. The summed E-state index contributed by atoms with van der Waals surface area (Å²) in [6, 6.07) is 7.84. The van der Waals surface area contributed by atoms with E-state index in [9.17, 15) is 17.6 Å². The van der Waals surface area contributed by atoms with Crippen molar-refractivity contribution in [2.24, 2.45) is 0 Å². The number of hydrogen-bond donors (Lipinski definition) is 1. The van der Waals surface area contributed by atoms with Crippen molar-refractivity contribution in [2.75, 3.05) is 57.3 Å². The van der Waals surface area contributed by atoms with Gasteiger partial charge in [0.05, 0.1) is 0 Å². The van der Waals surface area contributed by atoms with Crippen molar-refractivity contribution in [1.29, 1.82) is 0 Å². The number of benzene rings is 1. The Kier molecular flexibility index (Phi) is 6.82. The maximum atomic E-state index is 13.1. The molecule has 2 aliphatic heterocycles. The first kappa shape index (κ1) is 22.8. The van der Waals surface area contributed by atoms with Gasteiger partial charge in [-0.1, -0.05) is 0 Å². The number of nitrogens with one attached hydrogen (secondary N) is 1. The van der Waals surface area contributed by atoms with E-state index in [1.807, 2.05) is 0 Å². The number of carbonyl (C=O) groups excluding carboxylic acids is 1. The van der Waals surface area contributed by atoms with Crippen molar-refractivity contribution in [1.82, 2.24) is 14.5 Å². The lowest BCUT2D eigenvalue weighted by molar-refractivity contribution is 0.0918. The van der Waals surface area contributed by atoms with E-state index < -0.39 is 15.9 Å². The number of furan rings is 1. The van der Waals surface area contributed by atoms with E-state index in [-0.39, 0.29) is 22.2 Å². The molecule has 0 bridgehead atoms. The molecule has 174 valence electrons. The number of halogens is 1. The predicted octanol–water partition coefficient (Wildman–Crippen LogP) is 2.06. The van der Waals surface area contributed by atoms with Crippen LogP contribution in [-0.2, 0) is 10.0 Å². The summed E-state index contributed by atoms with van der Waals surface area (Å²) in [5.74, 6) is -0.406. The molecule has 0 saturated carbocycles. The van der Waals surface area contributed by atoms with Crippen molar-refractivity contribution in [2.45, 2.75) is 24.7 Å². The summed E-state index contributed by atoms with van der Waals surface area (Å²) < 4.78 is 45.5. The van der Waals surface area contributed by atoms with Crippen LogP contribution >= 0.6 is 0 Å². The number of nitrogens with zero attached hydrogens (tertiary/aromatic N) is 3. The highest BCUT2D eigenvalue weighted by atomic mass is 32.2.